The zero-order valence-electron chi connectivity index (χ0n) is 17.6. The van der Waals surface area contributed by atoms with Crippen molar-refractivity contribution in [3.63, 3.8) is 0 Å². The van der Waals surface area contributed by atoms with Crippen molar-refractivity contribution in [3.8, 4) is 28.9 Å². The Bertz CT molecular complexity index is 1520. The summed E-state index contributed by atoms with van der Waals surface area (Å²) in [4.78, 5) is 12.7. The second kappa shape index (κ2) is 7.16. The second-order valence-corrected chi connectivity index (χ2v) is 7.48. The van der Waals surface area contributed by atoms with Crippen molar-refractivity contribution in [1.82, 2.24) is 34.1 Å². The van der Waals surface area contributed by atoms with Crippen molar-refractivity contribution in [2.75, 3.05) is 11.5 Å². The molecular weight excluding hydrogens is 429 g/mol. The van der Waals surface area contributed by atoms with E-state index >= 15 is 0 Å². The van der Waals surface area contributed by atoms with E-state index in [-0.39, 0.29) is 35.5 Å². The minimum Gasteiger partial charge on any atom is -0.467 e. The van der Waals surface area contributed by atoms with Gasteiger partial charge in [-0.1, -0.05) is 0 Å². The first-order valence-corrected chi connectivity index (χ1v) is 9.83. The maximum absolute atomic E-state index is 14.2. The van der Waals surface area contributed by atoms with Crippen LogP contribution in [0, 0.1) is 22.6 Å². The first-order chi connectivity index (χ1) is 15.8. The van der Waals surface area contributed by atoms with Crippen molar-refractivity contribution in [2.24, 2.45) is 7.05 Å². The summed E-state index contributed by atoms with van der Waals surface area (Å²) in [6, 6.07) is 6.24. The summed E-state index contributed by atoms with van der Waals surface area (Å²) >= 11 is 0. The molecule has 2 bridgehead atoms. The van der Waals surface area contributed by atoms with Gasteiger partial charge in [-0.05, 0) is 25.1 Å². The molecule has 0 saturated heterocycles. The van der Waals surface area contributed by atoms with Crippen LogP contribution >= 0.6 is 0 Å². The predicted molar refractivity (Wildman–Crippen MR) is 113 cm³/mol. The number of nitrogens with zero attached hydrogens (tertiary/aromatic N) is 8. The van der Waals surface area contributed by atoms with Crippen LogP contribution < -0.4 is 21.8 Å². The standard InChI is InChI=1S/C20H18FN11O/c1-9-11-5-10(21)3-4-14(11)32-20(25)28-19(24)31(32)8-13-16(15(6-22)30(2)29-13)12-7-26-17(23)18(27-12)33-9/h3-5,7,9H,8H2,1-2H3,(H2,23,26)(H3,24,25,28). The molecule has 1 unspecified atom stereocenters. The van der Waals surface area contributed by atoms with E-state index in [4.69, 9.17) is 21.6 Å². The lowest BCUT2D eigenvalue weighted by molar-refractivity contribution is 0.217. The Labute approximate surface area is 186 Å². The number of halogens is 1. The molecule has 1 aromatic carbocycles. The van der Waals surface area contributed by atoms with Crippen LogP contribution in [0.4, 0.5) is 16.2 Å². The fourth-order valence-electron chi connectivity index (χ4n) is 3.92. The molecule has 1 aliphatic heterocycles. The minimum atomic E-state index is -0.727. The van der Waals surface area contributed by atoms with Crippen LogP contribution in [0.5, 0.6) is 5.88 Å². The number of aryl methyl sites for hydroxylation is 1. The van der Waals surface area contributed by atoms with Crippen molar-refractivity contribution in [3.05, 3.63) is 52.8 Å². The predicted octanol–water partition coefficient (Wildman–Crippen LogP) is 1.02. The van der Waals surface area contributed by atoms with Crippen LogP contribution in [0.2, 0.25) is 0 Å². The number of fused-ring (bicyclic) bond motifs is 7. The second-order valence-electron chi connectivity index (χ2n) is 7.48. The quantitative estimate of drug-likeness (QED) is 0.358. The number of hydrogen-bond donors (Lipinski definition) is 3. The van der Waals surface area contributed by atoms with Crippen LogP contribution in [-0.2, 0) is 13.6 Å². The Morgan fingerprint density at radius 2 is 2.09 bits per heavy atom. The van der Waals surface area contributed by atoms with Gasteiger partial charge in [0.05, 0.1) is 35.4 Å². The lowest BCUT2D eigenvalue weighted by atomic mass is 10.1. The van der Waals surface area contributed by atoms with E-state index in [1.807, 2.05) is 0 Å². The number of aromatic nitrogens is 7. The Hall–Kier alpha value is -4.73. The number of benzene rings is 1. The average molecular weight is 447 g/mol. The highest BCUT2D eigenvalue weighted by Gasteiger charge is 2.26. The Balaban J connectivity index is 1.89. The average Bonchev–Trinajstić information content (AvgIpc) is 3.23. The first kappa shape index (κ1) is 20.2. The number of nitrogens with one attached hydrogen (secondary N) is 1. The van der Waals surface area contributed by atoms with E-state index < -0.39 is 11.9 Å². The maximum atomic E-state index is 14.2. The molecule has 5 N–H and O–H groups in total. The Morgan fingerprint density at radius 1 is 1.30 bits per heavy atom. The fraction of sp³-hybridized carbons (Fsp3) is 0.200. The lowest BCUT2D eigenvalue weighted by Gasteiger charge is -2.22. The highest BCUT2D eigenvalue weighted by atomic mass is 19.1. The molecule has 1 aliphatic rings. The fourth-order valence-corrected chi connectivity index (χ4v) is 3.92. The number of ether oxygens (including phenoxy) is 1. The molecule has 1 atom stereocenters. The molecule has 12 nitrogen and oxygen atoms in total. The van der Waals surface area contributed by atoms with Crippen LogP contribution in [0.3, 0.4) is 0 Å². The zero-order valence-corrected chi connectivity index (χ0v) is 17.6. The van der Waals surface area contributed by atoms with Gasteiger partial charge < -0.3 is 16.2 Å². The topological polar surface area (TPSA) is 175 Å². The Kier molecular flexibility index (Phi) is 4.38. The van der Waals surface area contributed by atoms with Gasteiger partial charge in [0.15, 0.2) is 5.82 Å². The van der Waals surface area contributed by atoms with E-state index in [0.717, 1.165) is 0 Å². The normalized spacial score (nSPS) is 14.7. The molecule has 3 aromatic heterocycles. The minimum absolute atomic E-state index is 0.0212. The van der Waals surface area contributed by atoms with Crippen LogP contribution in [0.15, 0.2) is 24.4 Å². The molecule has 33 heavy (non-hydrogen) atoms. The van der Waals surface area contributed by atoms with E-state index in [1.54, 1.807) is 14.0 Å². The molecule has 4 heterocycles. The number of anilines is 2. The van der Waals surface area contributed by atoms with E-state index in [9.17, 15) is 9.65 Å². The summed E-state index contributed by atoms with van der Waals surface area (Å²) in [5, 5.41) is 22.6. The zero-order chi connectivity index (χ0) is 23.4. The van der Waals surface area contributed by atoms with Gasteiger partial charge in [0.1, 0.15) is 23.7 Å². The van der Waals surface area contributed by atoms with Gasteiger partial charge in [-0.25, -0.2) is 23.7 Å². The van der Waals surface area contributed by atoms with Crippen LogP contribution in [-0.4, -0.2) is 34.1 Å². The van der Waals surface area contributed by atoms with Gasteiger partial charge in [-0.2, -0.15) is 15.3 Å². The van der Waals surface area contributed by atoms with E-state index in [0.29, 0.717) is 28.2 Å². The molecular formula is C20H18FN11O. The first-order valence-electron chi connectivity index (χ1n) is 9.83. The molecule has 0 saturated carbocycles. The molecule has 0 aliphatic carbocycles. The smallest absolute Gasteiger partial charge is 0.258 e. The number of rotatable bonds is 0. The molecule has 13 heteroatoms. The van der Waals surface area contributed by atoms with E-state index in [1.165, 1.54) is 38.4 Å². The summed E-state index contributed by atoms with van der Waals surface area (Å²) < 4.78 is 24.6. The summed E-state index contributed by atoms with van der Waals surface area (Å²) in [5.41, 5.74) is 14.3. The third-order valence-electron chi connectivity index (χ3n) is 5.42. The van der Waals surface area contributed by atoms with Gasteiger partial charge in [0.25, 0.3) is 5.88 Å². The number of nitrogens with two attached hydrogens (primary N) is 2. The SMILES string of the molecule is CC1Oc2nc(cnc2N)-c2c(nn(C)c2C#N)Cn2c(=N)nc(N)n2-c2ccc(F)cc21. The highest BCUT2D eigenvalue weighted by molar-refractivity contribution is 5.69. The van der Waals surface area contributed by atoms with Gasteiger partial charge in [-0.3, -0.25) is 10.1 Å². The Morgan fingerprint density at radius 3 is 2.85 bits per heavy atom. The third kappa shape index (κ3) is 3.07. The van der Waals surface area contributed by atoms with Crippen LogP contribution in [0.25, 0.3) is 16.9 Å². The summed E-state index contributed by atoms with van der Waals surface area (Å²) in [5.74, 6) is -0.392. The lowest BCUT2D eigenvalue weighted by Crippen LogP contribution is -2.26. The molecule has 0 spiro atoms. The molecule has 5 rings (SSSR count). The number of nitriles is 1. The summed E-state index contributed by atoms with van der Waals surface area (Å²) in [7, 11) is 1.63. The van der Waals surface area contributed by atoms with Gasteiger partial charge in [0, 0.05) is 12.6 Å². The van der Waals surface area contributed by atoms with Crippen molar-refractivity contribution >= 4 is 11.8 Å². The summed E-state index contributed by atoms with van der Waals surface area (Å²) in [6.45, 7) is 1.73. The van der Waals surface area contributed by atoms with Gasteiger partial charge in [0.2, 0.25) is 11.6 Å². The highest BCUT2D eigenvalue weighted by Crippen LogP contribution is 2.33. The third-order valence-corrected chi connectivity index (χ3v) is 5.42. The van der Waals surface area contributed by atoms with Crippen molar-refractivity contribution in [1.29, 1.82) is 10.7 Å². The molecule has 4 aromatic rings. The van der Waals surface area contributed by atoms with Crippen molar-refractivity contribution in [2.45, 2.75) is 19.6 Å². The van der Waals surface area contributed by atoms with Gasteiger partial charge >= 0.3 is 0 Å². The molecule has 0 amide bonds. The number of hydrogen-bond acceptors (Lipinski definition) is 9. The van der Waals surface area contributed by atoms with E-state index in [2.05, 4.69) is 26.1 Å². The summed E-state index contributed by atoms with van der Waals surface area (Å²) in [6.07, 6.45) is 0.695. The molecule has 0 radical (unpaired) electrons. The van der Waals surface area contributed by atoms with Crippen molar-refractivity contribution < 1.29 is 9.13 Å². The number of nitrogen functional groups attached to an aromatic ring is 2. The molecule has 166 valence electrons. The van der Waals surface area contributed by atoms with Gasteiger partial charge in [-0.15, -0.1) is 0 Å². The largest absolute Gasteiger partial charge is 0.467 e. The van der Waals surface area contributed by atoms with Crippen LogP contribution in [0.1, 0.15) is 30.0 Å². The maximum Gasteiger partial charge on any atom is 0.258 e. The molecule has 0 fully saturated rings. The monoisotopic (exact) mass is 447 g/mol.